The van der Waals surface area contributed by atoms with Gasteiger partial charge in [-0.2, -0.15) is 10.5 Å². The normalized spacial score (nSPS) is 13.8. The fourth-order valence-electron chi connectivity index (χ4n) is 15.5. The first-order chi connectivity index (χ1) is 49.8. The molecule has 14 aromatic rings. The molecule has 494 valence electrons. The SMILES string of the molecule is [2H]c1c([2H])c(-c2cc3c4c(c2)N(c2ccc(C#N)c(-n5c6ccccc6c6ccccc65)c2)c2cc(-c5cc(C(C)(C)C)cc(C(C)(C)C)c5)ccc2B4c2ccc(-c4cc(C(C)(C)C)cc(C(C)(C)C)c4)cc2N3c2ccc(C#N)c(-n3c4ccccc4c4ccccc43)c2)c([2H])c(C(C)(C)C)c1[2H]. The minimum Gasteiger partial charge on any atom is -0.311 e. The Morgan fingerprint density at radius 2 is 0.653 bits per heavy atom. The standard InChI is InChI=1S/C94H85BN6/c1-90(2,3)66-26-24-25-58(43-66)65-50-87-89-88(51-65)99(72-40-36-62(57-97)84(55-72)101-81-33-22-18-29-75(81)76-30-19-23-34-82(76)101)86-49-60(64-46-69(93(10,11)12)53-70(47-64)94(13,14)15)38-42-78(86)95(89)77-41-37-59(63-44-67(91(4,5)6)52-68(45-63)92(7,8)9)48-85(77)98(87)71-39-35-61(56-96)83(54-71)100-79-31-20-16-27-73(79)74-28-17-21-32-80(74)100/h16-55H,1-15H3/i24D,25D,26D,43D. The minimum atomic E-state index is -0.756. The topological polar surface area (TPSA) is 63.9 Å². The van der Waals surface area contributed by atoms with E-state index in [4.69, 9.17) is 0 Å². The van der Waals surface area contributed by atoms with Crippen LogP contribution in [-0.4, -0.2) is 15.8 Å². The molecule has 0 aliphatic carbocycles. The fourth-order valence-corrected chi connectivity index (χ4v) is 15.5. The van der Waals surface area contributed by atoms with Crippen LogP contribution in [0.4, 0.5) is 34.1 Å². The molecule has 0 spiro atoms. The summed E-state index contributed by atoms with van der Waals surface area (Å²) in [6, 6.07) is 82.8. The summed E-state index contributed by atoms with van der Waals surface area (Å²) < 4.78 is 44.2. The lowest BCUT2D eigenvalue weighted by atomic mass is 9.33. The largest absolute Gasteiger partial charge is 0.311 e. The molecule has 2 aliphatic rings. The van der Waals surface area contributed by atoms with E-state index in [1.54, 1.807) is 0 Å². The summed E-state index contributed by atoms with van der Waals surface area (Å²) in [5.74, 6) is 0. The highest BCUT2D eigenvalue weighted by atomic mass is 15.2. The molecule has 4 heterocycles. The van der Waals surface area contributed by atoms with E-state index in [-0.39, 0.29) is 51.4 Å². The van der Waals surface area contributed by atoms with Gasteiger partial charge in [0.15, 0.2) is 0 Å². The van der Waals surface area contributed by atoms with Crippen molar-refractivity contribution in [2.45, 2.75) is 131 Å². The van der Waals surface area contributed by atoms with Crippen molar-refractivity contribution in [1.82, 2.24) is 9.13 Å². The number of benzene rings is 12. The number of hydrogen-bond acceptors (Lipinski definition) is 4. The lowest BCUT2D eigenvalue weighted by Gasteiger charge is -2.45. The summed E-state index contributed by atoms with van der Waals surface area (Å²) in [6.07, 6.45) is 0. The average Bonchev–Trinajstić information content (AvgIpc) is 1.47. The highest BCUT2D eigenvalue weighted by Crippen LogP contribution is 2.50. The van der Waals surface area contributed by atoms with Crippen LogP contribution >= 0.6 is 0 Å². The van der Waals surface area contributed by atoms with Gasteiger partial charge in [-0.3, -0.25) is 0 Å². The van der Waals surface area contributed by atoms with Crippen LogP contribution in [0.3, 0.4) is 0 Å². The summed E-state index contributed by atoms with van der Waals surface area (Å²) in [4.78, 5) is 4.69. The number of anilines is 6. The molecule has 16 rings (SSSR count). The molecule has 101 heavy (non-hydrogen) atoms. The van der Waals surface area contributed by atoms with Gasteiger partial charge in [0.05, 0.1) is 50.1 Å². The highest BCUT2D eigenvalue weighted by molar-refractivity contribution is 7.00. The van der Waals surface area contributed by atoms with Crippen molar-refractivity contribution >= 4 is 101 Å². The molecule has 0 amide bonds. The van der Waals surface area contributed by atoms with E-state index in [2.05, 4.69) is 296 Å². The number of fused-ring (bicyclic) bond motifs is 10. The summed E-state index contributed by atoms with van der Waals surface area (Å²) in [5.41, 5.74) is 22.9. The average molecular weight is 1310 g/mol. The van der Waals surface area contributed by atoms with Crippen molar-refractivity contribution in [3.05, 3.63) is 282 Å². The quantitative estimate of drug-likeness (QED) is 0.149. The van der Waals surface area contributed by atoms with E-state index < -0.39 is 12.1 Å². The van der Waals surface area contributed by atoms with Crippen molar-refractivity contribution in [2.75, 3.05) is 9.80 Å². The molecule has 0 saturated carbocycles. The fraction of sp³-hybridized carbons (Fsp3) is 0.213. The Hall–Kier alpha value is -11.1. The smallest absolute Gasteiger partial charge is 0.252 e. The highest BCUT2D eigenvalue weighted by Gasteiger charge is 2.45. The Bertz CT molecular complexity index is 5620. The second kappa shape index (κ2) is 23.2. The Kier molecular flexibility index (Phi) is 13.8. The number of nitriles is 2. The van der Waals surface area contributed by atoms with Crippen molar-refractivity contribution < 1.29 is 5.48 Å². The molecule has 2 aromatic heterocycles. The maximum Gasteiger partial charge on any atom is 0.252 e. The van der Waals surface area contributed by atoms with Crippen molar-refractivity contribution in [1.29, 1.82) is 10.5 Å². The Labute approximate surface area is 601 Å². The molecular formula is C94H85BN6. The molecule has 0 unspecified atom stereocenters. The van der Waals surface area contributed by atoms with E-state index in [0.717, 1.165) is 116 Å². The molecule has 0 bridgehead atoms. The summed E-state index contributed by atoms with van der Waals surface area (Å²) in [5, 5.41) is 27.1. The Morgan fingerprint density at radius 3 is 1.00 bits per heavy atom. The predicted molar refractivity (Wildman–Crippen MR) is 428 cm³/mol. The van der Waals surface area contributed by atoms with Crippen molar-refractivity contribution in [2.24, 2.45) is 0 Å². The minimum absolute atomic E-state index is 0.0214. The number of nitrogens with zero attached hydrogens (tertiary/aromatic N) is 6. The molecule has 0 saturated heterocycles. The maximum absolute atomic E-state index is 11.4. The Morgan fingerprint density at radius 1 is 0.317 bits per heavy atom. The summed E-state index contributed by atoms with van der Waals surface area (Å²) in [6.45, 7) is 32.8. The van der Waals surface area contributed by atoms with Gasteiger partial charge < -0.3 is 18.9 Å². The van der Waals surface area contributed by atoms with Gasteiger partial charge in [0.2, 0.25) is 0 Å². The molecule has 0 N–H and O–H groups in total. The van der Waals surface area contributed by atoms with E-state index in [1.165, 1.54) is 22.3 Å². The van der Waals surface area contributed by atoms with Crippen LogP contribution in [0.2, 0.25) is 0 Å². The van der Waals surface area contributed by atoms with Crippen LogP contribution in [0.15, 0.2) is 243 Å². The van der Waals surface area contributed by atoms with Gasteiger partial charge in [0, 0.05) is 55.7 Å². The second-order valence-corrected chi connectivity index (χ2v) is 33.0. The van der Waals surface area contributed by atoms with Gasteiger partial charge in [-0.25, -0.2) is 0 Å². The molecule has 2 aliphatic heterocycles. The van der Waals surface area contributed by atoms with E-state index >= 15 is 0 Å². The molecule has 0 fully saturated rings. The first kappa shape index (κ1) is 59.9. The summed E-state index contributed by atoms with van der Waals surface area (Å²) >= 11 is 0. The van der Waals surface area contributed by atoms with Crippen LogP contribution in [-0.2, 0) is 27.1 Å². The Balaban J connectivity index is 1.08. The lowest BCUT2D eigenvalue weighted by molar-refractivity contribution is 0.568. The van der Waals surface area contributed by atoms with Gasteiger partial charge in [-0.05, 0) is 190 Å². The van der Waals surface area contributed by atoms with Crippen LogP contribution in [0.5, 0.6) is 0 Å². The van der Waals surface area contributed by atoms with Crippen LogP contribution in [0.1, 0.15) is 148 Å². The molecule has 0 atom stereocenters. The third-order valence-electron chi connectivity index (χ3n) is 21.1. The number of rotatable bonds is 7. The van der Waals surface area contributed by atoms with Crippen molar-refractivity contribution in [3.8, 4) is 56.9 Å². The molecule has 7 heteroatoms. The molecule has 0 radical (unpaired) electrons. The first-order valence-corrected chi connectivity index (χ1v) is 35.4. The van der Waals surface area contributed by atoms with Gasteiger partial charge in [0.1, 0.15) is 12.1 Å². The van der Waals surface area contributed by atoms with Crippen molar-refractivity contribution in [3.63, 3.8) is 0 Å². The number of aromatic nitrogens is 2. The third-order valence-corrected chi connectivity index (χ3v) is 21.1. The zero-order valence-corrected chi connectivity index (χ0v) is 60.5. The predicted octanol–water partition coefficient (Wildman–Crippen LogP) is 23.2. The zero-order valence-electron chi connectivity index (χ0n) is 64.5. The van der Waals surface area contributed by atoms with Gasteiger partial charge in [-0.15, -0.1) is 0 Å². The van der Waals surface area contributed by atoms with Gasteiger partial charge >= 0.3 is 0 Å². The molecule has 12 aromatic carbocycles. The second-order valence-electron chi connectivity index (χ2n) is 33.0. The van der Waals surface area contributed by atoms with Crippen LogP contribution in [0, 0.1) is 22.7 Å². The number of para-hydroxylation sites is 4. The van der Waals surface area contributed by atoms with E-state index in [9.17, 15) is 16.0 Å². The van der Waals surface area contributed by atoms with Gasteiger partial charge in [0.25, 0.3) is 6.71 Å². The lowest BCUT2D eigenvalue weighted by Crippen LogP contribution is -2.61. The molecular weight excluding hydrogens is 1220 g/mol. The van der Waals surface area contributed by atoms with Gasteiger partial charge in [-0.1, -0.05) is 261 Å². The monoisotopic (exact) mass is 1310 g/mol. The van der Waals surface area contributed by atoms with E-state index in [1.807, 2.05) is 57.2 Å². The summed E-state index contributed by atoms with van der Waals surface area (Å²) in [7, 11) is 0. The van der Waals surface area contributed by atoms with Crippen LogP contribution in [0.25, 0.3) is 88.4 Å². The molecule has 6 nitrogen and oxygen atoms in total. The first-order valence-electron chi connectivity index (χ1n) is 37.4. The number of hydrogen-bond donors (Lipinski definition) is 0. The zero-order chi connectivity index (χ0) is 74.0. The van der Waals surface area contributed by atoms with Crippen LogP contribution < -0.4 is 26.2 Å². The maximum atomic E-state index is 11.4. The van der Waals surface area contributed by atoms with E-state index in [0.29, 0.717) is 33.6 Å². The third kappa shape index (κ3) is 10.8.